The molecule has 3 rings (SSSR count). The van der Waals surface area contributed by atoms with Crippen LogP contribution in [0.3, 0.4) is 0 Å². The number of rotatable bonds is 8. The summed E-state index contributed by atoms with van der Waals surface area (Å²) in [5.74, 6) is 0.0517. The van der Waals surface area contributed by atoms with Crippen molar-refractivity contribution in [3.63, 3.8) is 0 Å². The number of nitrogens with one attached hydrogen (secondary N) is 2. The first-order chi connectivity index (χ1) is 12.8. The molecule has 0 saturated carbocycles. The summed E-state index contributed by atoms with van der Waals surface area (Å²) in [6, 6.07) is 20.8. The van der Waals surface area contributed by atoms with E-state index in [1.165, 1.54) is 11.1 Å². The molecule has 1 saturated heterocycles. The molecule has 0 aromatic heterocycles. The van der Waals surface area contributed by atoms with Crippen molar-refractivity contribution in [2.45, 2.75) is 37.8 Å². The lowest BCUT2D eigenvalue weighted by Crippen LogP contribution is -2.53. The SMILES string of the molecule is Cl.O=C(NC(CCc1ccccc1)CCc1ccccc1)C1COCCN1. The molecule has 1 unspecified atom stereocenters. The van der Waals surface area contributed by atoms with E-state index in [1.807, 2.05) is 12.1 Å². The lowest BCUT2D eigenvalue weighted by Gasteiger charge is -2.26. The number of morpholine rings is 1. The molecule has 1 heterocycles. The second-order valence-electron chi connectivity index (χ2n) is 6.84. The van der Waals surface area contributed by atoms with Crippen LogP contribution in [0.25, 0.3) is 0 Å². The average molecular weight is 389 g/mol. The Hall–Kier alpha value is -1.88. The fraction of sp³-hybridized carbons (Fsp3) is 0.409. The summed E-state index contributed by atoms with van der Waals surface area (Å²) >= 11 is 0. The Labute approximate surface area is 168 Å². The van der Waals surface area contributed by atoms with E-state index in [9.17, 15) is 4.79 Å². The van der Waals surface area contributed by atoms with E-state index in [0.717, 1.165) is 32.2 Å². The Morgan fingerprint density at radius 1 is 1.00 bits per heavy atom. The van der Waals surface area contributed by atoms with Crippen LogP contribution in [0.2, 0.25) is 0 Å². The number of aryl methyl sites for hydroxylation is 2. The summed E-state index contributed by atoms with van der Waals surface area (Å²) < 4.78 is 5.42. The van der Waals surface area contributed by atoms with E-state index < -0.39 is 0 Å². The summed E-state index contributed by atoms with van der Waals surface area (Å²) in [6.45, 7) is 1.86. The zero-order valence-corrected chi connectivity index (χ0v) is 16.4. The monoisotopic (exact) mass is 388 g/mol. The highest BCUT2D eigenvalue weighted by Gasteiger charge is 2.23. The second kappa shape index (κ2) is 11.8. The Morgan fingerprint density at radius 3 is 2.04 bits per heavy atom. The summed E-state index contributed by atoms with van der Waals surface area (Å²) in [5, 5.41) is 6.48. The van der Waals surface area contributed by atoms with Gasteiger partial charge in [-0.1, -0.05) is 60.7 Å². The highest BCUT2D eigenvalue weighted by molar-refractivity contribution is 5.85. The van der Waals surface area contributed by atoms with Gasteiger partial charge in [0.2, 0.25) is 5.91 Å². The van der Waals surface area contributed by atoms with Crippen molar-refractivity contribution in [1.82, 2.24) is 10.6 Å². The maximum atomic E-state index is 12.6. The molecular weight excluding hydrogens is 360 g/mol. The van der Waals surface area contributed by atoms with Crippen LogP contribution >= 0.6 is 12.4 Å². The van der Waals surface area contributed by atoms with E-state index in [2.05, 4.69) is 59.2 Å². The van der Waals surface area contributed by atoms with E-state index in [-0.39, 0.29) is 30.4 Å². The molecule has 2 aromatic rings. The van der Waals surface area contributed by atoms with Crippen LogP contribution in [0.4, 0.5) is 0 Å². The van der Waals surface area contributed by atoms with Crippen LogP contribution in [0.5, 0.6) is 0 Å². The normalized spacial score (nSPS) is 16.6. The van der Waals surface area contributed by atoms with Crippen LogP contribution in [-0.4, -0.2) is 37.7 Å². The topological polar surface area (TPSA) is 50.4 Å². The first kappa shape index (κ1) is 21.4. The van der Waals surface area contributed by atoms with E-state index in [4.69, 9.17) is 4.74 Å². The van der Waals surface area contributed by atoms with Gasteiger partial charge in [0.05, 0.1) is 13.2 Å². The third kappa shape index (κ3) is 7.33. The van der Waals surface area contributed by atoms with Crippen LogP contribution in [0.15, 0.2) is 60.7 Å². The van der Waals surface area contributed by atoms with Gasteiger partial charge in [0.25, 0.3) is 0 Å². The van der Waals surface area contributed by atoms with Crippen molar-refractivity contribution < 1.29 is 9.53 Å². The van der Waals surface area contributed by atoms with Gasteiger partial charge in [-0.05, 0) is 36.8 Å². The molecule has 0 aliphatic carbocycles. The highest BCUT2D eigenvalue weighted by atomic mass is 35.5. The molecule has 1 amide bonds. The molecule has 5 heteroatoms. The van der Waals surface area contributed by atoms with Gasteiger partial charge in [-0.3, -0.25) is 4.79 Å². The van der Waals surface area contributed by atoms with Gasteiger partial charge in [0, 0.05) is 12.6 Å². The zero-order chi connectivity index (χ0) is 18.0. The van der Waals surface area contributed by atoms with Crippen molar-refractivity contribution >= 4 is 18.3 Å². The molecule has 1 fully saturated rings. The van der Waals surface area contributed by atoms with Gasteiger partial charge in [-0.25, -0.2) is 0 Å². The Morgan fingerprint density at radius 2 is 1.56 bits per heavy atom. The molecule has 0 bridgehead atoms. The summed E-state index contributed by atoms with van der Waals surface area (Å²) in [4.78, 5) is 12.6. The fourth-order valence-corrected chi connectivity index (χ4v) is 3.30. The molecule has 0 spiro atoms. The predicted molar refractivity (Wildman–Crippen MR) is 111 cm³/mol. The zero-order valence-electron chi connectivity index (χ0n) is 15.6. The van der Waals surface area contributed by atoms with Gasteiger partial charge >= 0.3 is 0 Å². The first-order valence-corrected chi connectivity index (χ1v) is 9.50. The molecule has 1 aliphatic heterocycles. The minimum absolute atomic E-state index is 0. The summed E-state index contributed by atoms with van der Waals surface area (Å²) in [5.41, 5.74) is 2.62. The average Bonchev–Trinajstić information content (AvgIpc) is 2.72. The van der Waals surface area contributed by atoms with Crippen molar-refractivity contribution in [3.8, 4) is 0 Å². The highest BCUT2D eigenvalue weighted by Crippen LogP contribution is 2.12. The van der Waals surface area contributed by atoms with Crippen LogP contribution in [0.1, 0.15) is 24.0 Å². The van der Waals surface area contributed by atoms with Gasteiger partial charge in [0.15, 0.2) is 0 Å². The lowest BCUT2D eigenvalue weighted by atomic mass is 9.98. The van der Waals surface area contributed by atoms with Crippen LogP contribution in [0, 0.1) is 0 Å². The number of hydrogen-bond donors (Lipinski definition) is 2. The molecule has 4 nitrogen and oxygen atoms in total. The van der Waals surface area contributed by atoms with Crippen molar-refractivity contribution in [3.05, 3.63) is 71.8 Å². The van der Waals surface area contributed by atoms with E-state index in [1.54, 1.807) is 0 Å². The number of halogens is 1. The molecule has 2 N–H and O–H groups in total. The first-order valence-electron chi connectivity index (χ1n) is 9.50. The standard InChI is InChI=1S/C22H28N2O2.ClH/c25-22(21-17-26-16-15-23-21)24-20(13-11-18-7-3-1-4-8-18)14-12-19-9-5-2-6-10-19;/h1-10,20-21,23H,11-17H2,(H,24,25);1H. The van der Waals surface area contributed by atoms with Crippen molar-refractivity contribution in [2.24, 2.45) is 0 Å². The smallest absolute Gasteiger partial charge is 0.239 e. The number of ether oxygens (including phenoxy) is 1. The molecule has 1 atom stereocenters. The number of carbonyl (C=O) groups excluding carboxylic acids is 1. The Kier molecular flexibility index (Phi) is 9.32. The van der Waals surface area contributed by atoms with E-state index in [0.29, 0.717) is 13.2 Å². The van der Waals surface area contributed by atoms with Crippen LogP contribution < -0.4 is 10.6 Å². The minimum Gasteiger partial charge on any atom is -0.378 e. The molecule has 1 aliphatic rings. The maximum absolute atomic E-state index is 12.6. The molecule has 0 radical (unpaired) electrons. The van der Waals surface area contributed by atoms with Gasteiger partial charge in [-0.15, -0.1) is 12.4 Å². The maximum Gasteiger partial charge on any atom is 0.239 e. The van der Waals surface area contributed by atoms with Crippen molar-refractivity contribution in [1.29, 1.82) is 0 Å². The number of benzene rings is 2. The minimum atomic E-state index is -0.236. The lowest BCUT2D eigenvalue weighted by molar-refractivity contribution is -0.126. The third-order valence-corrected chi connectivity index (χ3v) is 4.83. The Balaban J connectivity index is 0.00000261. The van der Waals surface area contributed by atoms with Gasteiger partial charge in [0.1, 0.15) is 6.04 Å². The summed E-state index contributed by atoms with van der Waals surface area (Å²) in [7, 11) is 0. The summed E-state index contributed by atoms with van der Waals surface area (Å²) in [6.07, 6.45) is 3.82. The second-order valence-corrected chi connectivity index (χ2v) is 6.84. The molecule has 2 aromatic carbocycles. The quantitative estimate of drug-likeness (QED) is 0.730. The number of hydrogen-bond acceptors (Lipinski definition) is 3. The van der Waals surface area contributed by atoms with Gasteiger partial charge < -0.3 is 15.4 Å². The predicted octanol–water partition coefficient (Wildman–Crippen LogP) is 3.15. The fourth-order valence-electron chi connectivity index (χ4n) is 3.30. The van der Waals surface area contributed by atoms with Crippen molar-refractivity contribution in [2.75, 3.05) is 19.8 Å². The molecule has 146 valence electrons. The van der Waals surface area contributed by atoms with E-state index >= 15 is 0 Å². The third-order valence-electron chi connectivity index (χ3n) is 4.83. The Bertz CT molecular complexity index is 617. The number of carbonyl (C=O) groups is 1. The number of amides is 1. The largest absolute Gasteiger partial charge is 0.378 e. The van der Waals surface area contributed by atoms with Gasteiger partial charge in [-0.2, -0.15) is 0 Å². The molecule has 27 heavy (non-hydrogen) atoms. The van der Waals surface area contributed by atoms with Crippen LogP contribution in [-0.2, 0) is 22.4 Å². The molecular formula is C22H29ClN2O2.